The SMILES string of the molecule is COc1ccc(COC(=O)C2=C(CSc3nc4cnccc4s3)CS[C@@H]3C(NC(=O)/C(=N\OC(C)(C)C(=O)OC(C)(C)C)c4csc(NC(c5ccccc5)(c5ccccc5)c5ccccc5)n4)C(=O)N23)cc1. The fourth-order valence-electron chi connectivity index (χ4n) is 8.08. The van der Waals surface area contributed by atoms with Crippen LogP contribution in [-0.4, -0.2) is 90.5 Å². The molecule has 4 aromatic carbocycles. The molecule has 2 N–H and O–H groups in total. The minimum Gasteiger partial charge on any atom is -0.497 e. The molecule has 9 rings (SSSR count). The number of amides is 2. The monoisotopic (exact) mass is 1050 g/mol. The second kappa shape index (κ2) is 21.6. The van der Waals surface area contributed by atoms with Crippen LogP contribution in [0.3, 0.4) is 0 Å². The Kier molecular flexibility index (Phi) is 15.0. The lowest BCUT2D eigenvalue weighted by atomic mass is 9.77. The lowest BCUT2D eigenvalue weighted by Gasteiger charge is -2.49. The maximum absolute atomic E-state index is 14.8. The van der Waals surface area contributed by atoms with Gasteiger partial charge in [0.05, 0.1) is 18.0 Å². The van der Waals surface area contributed by atoms with Crippen molar-refractivity contribution >= 4 is 91.0 Å². The maximum Gasteiger partial charge on any atom is 0.355 e. The van der Waals surface area contributed by atoms with Gasteiger partial charge in [-0.3, -0.25) is 19.5 Å². The standard InChI is InChI=1S/C54H51N7O8S4/c1-52(2,3)68-49(65)53(4,5)69-60-42(40-32-71-50(56-40)59-54(35-16-10-7-11-17-35,36-18-12-8-13-19-36)37-20-14-9-15-21-37)45(62)58-43-46(63)61-44(48(64)67-29-33-22-24-38(66-6)25-23-33)34(30-70-47(43)61)31-72-51-57-39-28-55-27-26-41(39)73-51/h7-28,32,43,47H,29-31H2,1-6H3,(H,56,59)(H,58,62)/b60-42-/t43?,47-/m1/s1. The summed E-state index contributed by atoms with van der Waals surface area (Å²) in [5.41, 5.74) is 1.48. The number of oxime groups is 1. The molecule has 0 spiro atoms. The van der Waals surface area contributed by atoms with Crippen LogP contribution >= 0.6 is 46.2 Å². The molecule has 15 nitrogen and oxygen atoms in total. The van der Waals surface area contributed by atoms with Gasteiger partial charge in [0.1, 0.15) is 51.8 Å². The first kappa shape index (κ1) is 50.9. The fraction of sp³-hybridized carbons (Fsp3) is 0.259. The fourth-order valence-corrected chi connectivity index (χ4v) is 12.4. The minimum atomic E-state index is -1.65. The van der Waals surface area contributed by atoms with Crippen molar-refractivity contribution in [1.29, 1.82) is 0 Å². The molecule has 0 saturated carbocycles. The number of methoxy groups -OCH3 is 1. The average molecular weight is 1050 g/mol. The highest BCUT2D eigenvalue weighted by Crippen LogP contribution is 2.44. The number of hydrogen-bond donors (Lipinski definition) is 2. The van der Waals surface area contributed by atoms with Crippen LogP contribution in [0.15, 0.2) is 160 Å². The van der Waals surface area contributed by atoms with E-state index in [9.17, 15) is 19.2 Å². The quantitative estimate of drug-likeness (QED) is 0.0207. The van der Waals surface area contributed by atoms with Gasteiger partial charge in [0.15, 0.2) is 15.2 Å². The van der Waals surface area contributed by atoms with Crippen molar-refractivity contribution in [2.45, 2.75) is 73.7 Å². The number of hydrogen-bond acceptors (Lipinski definition) is 17. The minimum absolute atomic E-state index is 0.0508. The van der Waals surface area contributed by atoms with E-state index in [4.69, 9.17) is 29.0 Å². The van der Waals surface area contributed by atoms with E-state index < -0.39 is 51.9 Å². The van der Waals surface area contributed by atoms with Gasteiger partial charge >= 0.3 is 11.9 Å². The van der Waals surface area contributed by atoms with Gasteiger partial charge in [-0.05, 0) is 80.6 Å². The number of fused-ring (bicyclic) bond motifs is 2. The second-order valence-corrected chi connectivity index (χ2v) is 22.6. The van der Waals surface area contributed by atoms with Crippen LogP contribution in [0.25, 0.3) is 10.2 Å². The lowest BCUT2D eigenvalue weighted by Crippen LogP contribution is -2.71. The largest absolute Gasteiger partial charge is 0.497 e. The van der Waals surface area contributed by atoms with E-state index in [1.165, 1.54) is 64.9 Å². The predicted octanol–water partition coefficient (Wildman–Crippen LogP) is 9.59. The van der Waals surface area contributed by atoms with E-state index in [-0.39, 0.29) is 23.7 Å². The van der Waals surface area contributed by atoms with Crippen LogP contribution in [0.4, 0.5) is 5.13 Å². The van der Waals surface area contributed by atoms with Crippen molar-refractivity contribution < 1.29 is 38.2 Å². The van der Waals surface area contributed by atoms with Crippen LogP contribution in [0.2, 0.25) is 0 Å². The zero-order valence-electron chi connectivity index (χ0n) is 40.7. The highest BCUT2D eigenvalue weighted by Gasteiger charge is 2.55. The number of anilines is 1. The summed E-state index contributed by atoms with van der Waals surface area (Å²) >= 11 is 5.61. The molecule has 2 aliphatic heterocycles. The van der Waals surface area contributed by atoms with Gasteiger partial charge in [-0.1, -0.05) is 120 Å². The van der Waals surface area contributed by atoms with Crippen molar-refractivity contribution in [3.05, 3.63) is 178 Å². The van der Waals surface area contributed by atoms with Crippen LogP contribution in [-0.2, 0) is 45.6 Å². The Morgan fingerprint density at radius 1 is 0.849 bits per heavy atom. The first-order valence-electron chi connectivity index (χ1n) is 23.1. The van der Waals surface area contributed by atoms with E-state index in [1.807, 2.05) is 97.1 Å². The Bertz CT molecular complexity index is 3070. The number of esters is 2. The molecule has 73 heavy (non-hydrogen) atoms. The van der Waals surface area contributed by atoms with Crippen LogP contribution < -0.4 is 15.4 Å². The molecule has 19 heteroatoms. The molecule has 0 bridgehead atoms. The van der Waals surface area contributed by atoms with E-state index in [0.717, 1.165) is 36.8 Å². The number of nitrogens with one attached hydrogen (secondary N) is 2. The molecule has 7 aromatic rings. The second-order valence-electron chi connectivity index (χ2n) is 18.4. The van der Waals surface area contributed by atoms with Crippen molar-refractivity contribution in [3.8, 4) is 5.75 Å². The van der Waals surface area contributed by atoms with Crippen molar-refractivity contribution in [2.75, 3.05) is 23.9 Å². The summed E-state index contributed by atoms with van der Waals surface area (Å²) in [4.78, 5) is 77.9. The zero-order chi connectivity index (χ0) is 51.3. The van der Waals surface area contributed by atoms with Crippen molar-refractivity contribution in [2.24, 2.45) is 5.16 Å². The zero-order valence-corrected chi connectivity index (χ0v) is 44.0. The third-order valence-electron chi connectivity index (χ3n) is 11.7. The molecule has 3 aromatic heterocycles. The summed E-state index contributed by atoms with van der Waals surface area (Å²) in [6, 6.07) is 37.9. The molecule has 2 atom stereocenters. The Balaban J connectivity index is 1.02. The number of benzene rings is 4. The van der Waals surface area contributed by atoms with Crippen LogP contribution in [0.1, 0.15) is 62.6 Å². The number of rotatable bonds is 18. The summed E-state index contributed by atoms with van der Waals surface area (Å²) < 4.78 is 18.6. The molecule has 0 aliphatic carbocycles. The number of β-lactam (4-membered cyclic amide) rings is 1. The van der Waals surface area contributed by atoms with Gasteiger partial charge in [-0.2, -0.15) is 0 Å². The average Bonchev–Trinajstić information content (AvgIpc) is 4.05. The van der Waals surface area contributed by atoms with Gasteiger partial charge in [0.2, 0.25) is 5.60 Å². The number of carbonyl (C=O) groups excluding carboxylic acids is 4. The molecule has 1 unspecified atom stereocenters. The smallest absolute Gasteiger partial charge is 0.355 e. The van der Waals surface area contributed by atoms with E-state index in [0.29, 0.717) is 28.0 Å². The number of carbonyl (C=O) groups is 4. The molecular weight excluding hydrogens is 1000 g/mol. The van der Waals surface area contributed by atoms with E-state index in [2.05, 4.69) is 20.8 Å². The number of thioether (sulfide) groups is 2. The number of pyridine rings is 1. The molecule has 1 fully saturated rings. The molecule has 0 radical (unpaired) electrons. The number of ether oxygens (including phenoxy) is 3. The van der Waals surface area contributed by atoms with Crippen LogP contribution in [0.5, 0.6) is 5.75 Å². The van der Waals surface area contributed by atoms with Gasteiger partial charge in [-0.25, -0.2) is 19.6 Å². The number of nitrogens with zero attached hydrogens (tertiary/aromatic N) is 5. The van der Waals surface area contributed by atoms with E-state index >= 15 is 0 Å². The van der Waals surface area contributed by atoms with Crippen LogP contribution in [0, 0.1) is 0 Å². The third-order valence-corrected chi connectivity index (χ3v) is 16.1. The van der Waals surface area contributed by atoms with Gasteiger partial charge in [0.25, 0.3) is 11.8 Å². The van der Waals surface area contributed by atoms with Crippen molar-refractivity contribution in [1.82, 2.24) is 25.2 Å². The Morgan fingerprint density at radius 3 is 2.10 bits per heavy atom. The summed E-state index contributed by atoms with van der Waals surface area (Å²) in [5, 5.41) is 12.3. The summed E-state index contributed by atoms with van der Waals surface area (Å²) in [6.07, 6.45) is 3.42. The molecule has 5 heterocycles. The Morgan fingerprint density at radius 2 is 1.49 bits per heavy atom. The lowest BCUT2D eigenvalue weighted by molar-refractivity contribution is -0.179. The molecule has 1 saturated heterocycles. The molecule has 2 amide bonds. The summed E-state index contributed by atoms with van der Waals surface area (Å²) in [7, 11) is 1.57. The Labute approximate surface area is 438 Å². The Hall–Kier alpha value is -7.06. The first-order chi connectivity index (χ1) is 35.1. The maximum atomic E-state index is 14.8. The van der Waals surface area contributed by atoms with Gasteiger partial charge < -0.3 is 29.7 Å². The van der Waals surface area contributed by atoms with Gasteiger partial charge in [0, 0.05) is 23.1 Å². The van der Waals surface area contributed by atoms with Gasteiger partial charge in [-0.15, -0.1) is 34.4 Å². The van der Waals surface area contributed by atoms with Crippen molar-refractivity contribution in [3.63, 3.8) is 0 Å². The predicted molar refractivity (Wildman–Crippen MR) is 285 cm³/mol. The number of aromatic nitrogens is 3. The topological polar surface area (TPSA) is 184 Å². The summed E-state index contributed by atoms with van der Waals surface area (Å²) in [6.45, 7) is 8.13. The summed E-state index contributed by atoms with van der Waals surface area (Å²) in [5.74, 6) is -1.35. The highest BCUT2D eigenvalue weighted by molar-refractivity contribution is 8.02. The van der Waals surface area contributed by atoms with E-state index in [1.54, 1.807) is 69.9 Å². The normalized spacial score (nSPS) is 16.1. The molecular formula is C54H51N7O8S4. The first-order valence-corrected chi connectivity index (χ1v) is 26.9. The number of thiazole rings is 2. The third kappa shape index (κ3) is 11.1. The molecule has 2 aliphatic rings. The molecule has 374 valence electrons. The highest BCUT2D eigenvalue weighted by atomic mass is 32.2.